The van der Waals surface area contributed by atoms with Crippen LogP contribution in [0.3, 0.4) is 0 Å². The Balaban J connectivity index is 1.61. The Bertz CT molecular complexity index is 674. The number of halogens is 1. The van der Waals surface area contributed by atoms with Gasteiger partial charge < -0.3 is 20.1 Å². The molecule has 0 atom stereocenters. The molecule has 6 heteroatoms. The first-order valence-corrected chi connectivity index (χ1v) is 7.28. The van der Waals surface area contributed by atoms with Crippen LogP contribution in [0.1, 0.15) is 5.56 Å². The molecular weight excluding hydrogens is 304 g/mol. The summed E-state index contributed by atoms with van der Waals surface area (Å²) in [5.41, 5.74) is 1.56. The molecule has 3 rings (SSSR count). The summed E-state index contributed by atoms with van der Waals surface area (Å²) in [4.78, 5) is 12.0. The van der Waals surface area contributed by atoms with Crippen molar-refractivity contribution in [1.82, 2.24) is 5.32 Å². The summed E-state index contributed by atoms with van der Waals surface area (Å²) in [7, 11) is 0. The van der Waals surface area contributed by atoms with Gasteiger partial charge in [-0.05, 0) is 29.8 Å². The maximum atomic E-state index is 12.0. The Labute approximate surface area is 133 Å². The van der Waals surface area contributed by atoms with Crippen molar-refractivity contribution < 1.29 is 14.3 Å². The topological polar surface area (TPSA) is 59.6 Å². The third kappa shape index (κ3) is 3.43. The fraction of sp³-hybridized carbons (Fsp3) is 0.188. The molecule has 0 unspecified atom stereocenters. The Morgan fingerprint density at radius 2 is 1.86 bits per heavy atom. The minimum atomic E-state index is -0.308. The number of ether oxygens (including phenoxy) is 2. The highest BCUT2D eigenvalue weighted by molar-refractivity contribution is 6.30. The minimum Gasteiger partial charge on any atom is -0.486 e. The molecule has 0 aromatic heterocycles. The third-order valence-electron chi connectivity index (χ3n) is 3.18. The van der Waals surface area contributed by atoms with Crippen molar-refractivity contribution in [3.63, 3.8) is 0 Å². The SMILES string of the molecule is O=C(NCc1ccc(Cl)cc1)Nc1cccc2c1OCCO2. The van der Waals surface area contributed by atoms with E-state index in [1.807, 2.05) is 24.3 Å². The number of urea groups is 1. The minimum absolute atomic E-state index is 0.308. The van der Waals surface area contributed by atoms with E-state index in [1.165, 1.54) is 0 Å². The highest BCUT2D eigenvalue weighted by Crippen LogP contribution is 2.37. The summed E-state index contributed by atoms with van der Waals surface area (Å²) in [6.45, 7) is 1.40. The van der Waals surface area contributed by atoms with Crippen LogP contribution in [-0.2, 0) is 6.54 Å². The molecule has 2 amide bonds. The molecule has 2 aromatic carbocycles. The molecule has 1 aliphatic heterocycles. The van der Waals surface area contributed by atoms with E-state index in [1.54, 1.807) is 18.2 Å². The zero-order valence-corrected chi connectivity index (χ0v) is 12.5. The fourth-order valence-electron chi connectivity index (χ4n) is 2.12. The predicted molar refractivity (Wildman–Crippen MR) is 84.7 cm³/mol. The normalized spacial score (nSPS) is 12.6. The number of benzene rings is 2. The largest absolute Gasteiger partial charge is 0.486 e. The predicted octanol–water partition coefficient (Wildman–Crippen LogP) is 3.43. The zero-order valence-electron chi connectivity index (χ0n) is 11.8. The molecule has 0 aliphatic carbocycles. The smallest absolute Gasteiger partial charge is 0.319 e. The van der Waals surface area contributed by atoms with Gasteiger partial charge in [0.2, 0.25) is 0 Å². The Kier molecular flexibility index (Phi) is 4.34. The van der Waals surface area contributed by atoms with Crippen molar-refractivity contribution in [2.75, 3.05) is 18.5 Å². The van der Waals surface area contributed by atoms with E-state index in [9.17, 15) is 4.79 Å². The number of rotatable bonds is 3. The summed E-state index contributed by atoms with van der Waals surface area (Å²) in [5.74, 6) is 1.21. The van der Waals surface area contributed by atoms with Gasteiger partial charge in [0, 0.05) is 11.6 Å². The van der Waals surface area contributed by atoms with Gasteiger partial charge in [-0.15, -0.1) is 0 Å². The molecule has 0 fully saturated rings. The van der Waals surface area contributed by atoms with Crippen LogP contribution in [0.2, 0.25) is 5.02 Å². The number of para-hydroxylation sites is 1. The van der Waals surface area contributed by atoms with E-state index in [-0.39, 0.29) is 6.03 Å². The lowest BCUT2D eigenvalue weighted by Crippen LogP contribution is -2.28. The molecule has 1 aliphatic rings. The lowest BCUT2D eigenvalue weighted by atomic mass is 10.2. The molecule has 22 heavy (non-hydrogen) atoms. The fourth-order valence-corrected chi connectivity index (χ4v) is 2.25. The van der Waals surface area contributed by atoms with E-state index in [2.05, 4.69) is 10.6 Å². The quantitative estimate of drug-likeness (QED) is 0.911. The van der Waals surface area contributed by atoms with Gasteiger partial charge in [0.05, 0.1) is 5.69 Å². The van der Waals surface area contributed by atoms with Crippen LogP contribution in [0.5, 0.6) is 11.5 Å². The molecule has 0 saturated carbocycles. The van der Waals surface area contributed by atoms with Crippen LogP contribution >= 0.6 is 11.6 Å². The maximum Gasteiger partial charge on any atom is 0.319 e. The first kappa shape index (κ1) is 14.5. The first-order chi connectivity index (χ1) is 10.7. The standard InChI is InChI=1S/C16H15ClN2O3/c17-12-6-4-11(5-7-12)10-18-16(20)19-13-2-1-3-14-15(13)22-9-8-21-14/h1-7H,8-10H2,(H2,18,19,20). The van der Waals surface area contributed by atoms with Gasteiger partial charge in [-0.1, -0.05) is 29.8 Å². The number of hydrogen-bond donors (Lipinski definition) is 2. The molecule has 0 saturated heterocycles. The van der Waals surface area contributed by atoms with Crippen LogP contribution < -0.4 is 20.1 Å². The van der Waals surface area contributed by atoms with Gasteiger partial charge in [-0.3, -0.25) is 0 Å². The average Bonchev–Trinajstić information content (AvgIpc) is 2.55. The zero-order chi connectivity index (χ0) is 15.4. The van der Waals surface area contributed by atoms with Crippen molar-refractivity contribution in [2.24, 2.45) is 0 Å². The van der Waals surface area contributed by atoms with Crippen molar-refractivity contribution in [3.8, 4) is 11.5 Å². The second kappa shape index (κ2) is 6.58. The van der Waals surface area contributed by atoms with Crippen molar-refractivity contribution in [3.05, 3.63) is 53.1 Å². The molecule has 5 nitrogen and oxygen atoms in total. The van der Waals surface area contributed by atoms with E-state index in [0.29, 0.717) is 42.0 Å². The summed E-state index contributed by atoms with van der Waals surface area (Å²) in [6.07, 6.45) is 0. The van der Waals surface area contributed by atoms with Gasteiger partial charge in [-0.2, -0.15) is 0 Å². The van der Waals surface area contributed by atoms with E-state index in [4.69, 9.17) is 21.1 Å². The number of nitrogens with one attached hydrogen (secondary N) is 2. The Hall–Kier alpha value is -2.40. The average molecular weight is 319 g/mol. The molecule has 2 N–H and O–H groups in total. The highest BCUT2D eigenvalue weighted by atomic mass is 35.5. The third-order valence-corrected chi connectivity index (χ3v) is 3.43. The van der Waals surface area contributed by atoms with Gasteiger partial charge in [0.1, 0.15) is 13.2 Å². The number of hydrogen-bond acceptors (Lipinski definition) is 3. The van der Waals surface area contributed by atoms with Crippen molar-refractivity contribution >= 4 is 23.3 Å². The molecule has 0 radical (unpaired) electrons. The van der Waals surface area contributed by atoms with E-state index in [0.717, 1.165) is 5.56 Å². The molecule has 2 aromatic rings. The first-order valence-electron chi connectivity index (χ1n) is 6.90. The van der Waals surface area contributed by atoms with Gasteiger partial charge in [0.15, 0.2) is 11.5 Å². The molecule has 0 bridgehead atoms. The monoisotopic (exact) mass is 318 g/mol. The summed E-state index contributed by atoms with van der Waals surface area (Å²) < 4.78 is 11.0. The van der Waals surface area contributed by atoms with Crippen molar-refractivity contribution in [2.45, 2.75) is 6.54 Å². The van der Waals surface area contributed by atoms with Crippen LogP contribution in [-0.4, -0.2) is 19.2 Å². The summed E-state index contributed by atoms with van der Waals surface area (Å²) >= 11 is 5.82. The number of anilines is 1. The number of carbonyl (C=O) groups is 1. The highest BCUT2D eigenvalue weighted by Gasteiger charge is 2.16. The van der Waals surface area contributed by atoms with Crippen molar-refractivity contribution in [1.29, 1.82) is 0 Å². The second-order valence-corrected chi connectivity index (χ2v) is 5.20. The van der Waals surface area contributed by atoms with Gasteiger partial charge >= 0.3 is 6.03 Å². The number of carbonyl (C=O) groups excluding carboxylic acids is 1. The van der Waals surface area contributed by atoms with Gasteiger partial charge in [0.25, 0.3) is 0 Å². The lowest BCUT2D eigenvalue weighted by molar-refractivity contribution is 0.172. The van der Waals surface area contributed by atoms with E-state index < -0.39 is 0 Å². The van der Waals surface area contributed by atoms with Crippen LogP contribution in [0.15, 0.2) is 42.5 Å². The summed E-state index contributed by atoms with van der Waals surface area (Å²) in [5, 5.41) is 6.22. The Morgan fingerprint density at radius 3 is 2.68 bits per heavy atom. The van der Waals surface area contributed by atoms with Crippen LogP contribution in [0, 0.1) is 0 Å². The molecular formula is C16H15ClN2O3. The molecule has 1 heterocycles. The molecule has 114 valence electrons. The molecule has 0 spiro atoms. The lowest BCUT2D eigenvalue weighted by Gasteiger charge is -2.21. The maximum absolute atomic E-state index is 12.0. The Morgan fingerprint density at radius 1 is 1.09 bits per heavy atom. The summed E-state index contributed by atoms with van der Waals surface area (Å²) in [6, 6.07) is 12.4. The number of amides is 2. The van der Waals surface area contributed by atoms with Crippen LogP contribution in [0.25, 0.3) is 0 Å². The van der Waals surface area contributed by atoms with Gasteiger partial charge in [-0.25, -0.2) is 4.79 Å². The van der Waals surface area contributed by atoms with E-state index >= 15 is 0 Å². The van der Waals surface area contributed by atoms with Crippen LogP contribution in [0.4, 0.5) is 10.5 Å². The number of fused-ring (bicyclic) bond motifs is 1. The second-order valence-electron chi connectivity index (χ2n) is 4.76.